The van der Waals surface area contributed by atoms with Crippen molar-refractivity contribution in [3.05, 3.63) is 100 Å². The average molecular weight is 463 g/mol. The number of benzene rings is 3. The van der Waals surface area contributed by atoms with Crippen molar-refractivity contribution in [3.8, 4) is 0 Å². The summed E-state index contributed by atoms with van der Waals surface area (Å²) in [6.45, 7) is 1.64. The average Bonchev–Trinajstić information content (AvgIpc) is 3.08. The van der Waals surface area contributed by atoms with Crippen LogP contribution in [-0.2, 0) is 16.1 Å². The summed E-state index contributed by atoms with van der Waals surface area (Å²) in [5.41, 5.74) is 1.69. The van der Waals surface area contributed by atoms with Crippen molar-refractivity contribution in [2.75, 3.05) is 4.90 Å². The molecule has 0 aromatic heterocycles. The molecule has 0 radical (unpaired) electrons. The van der Waals surface area contributed by atoms with Gasteiger partial charge in [0.2, 0.25) is 0 Å². The largest absolute Gasteiger partial charge is 0.449 e. The van der Waals surface area contributed by atoms with E-state index < -0.39 is 29.8 Å². The zero-order valence-corrected chi connectivity index (χ0v) is 18.3. The minimum Gasteiger partial charge on any atom is -0.449 e. The molecule has 1 N–H and O–H groups in total. The molecule has 33 heavy (non-hydrogen) atoms. The van der Waals surface area contributed by atoms with Gasteiger partial charge in [0.25, 0.3) is 17.7 Å². The van der Waals surface area contributed by atoms with Gasteiger partial charge in [-0.2, -0.15) is 0 Å². The highest BCUT2D eigenvalue weighted by molar-refractivity contribution is 6.34. The van der Waals surface area contributed by atoms with Crippen molar-refractivity contribution in [1.29, 1.82) is 0 Å². The molecule has 8 heteroatoms. The Hall–Kier alpha value is -3.97. The number of anilines is 1. The van der Waals surface area contributed by atoms with E-state index in [0.717, 1.165) is 10.5 Å². The van der Waals surface area contributed by atoms with Gasteiger partial charge >= 0.3 is 5.97 Å². The second-order valence-electron chi connectivity index (χ2n) is 7.40. The number of carbonyl (C=O) groups excluding carboxylic acids is 4. The van der Waals surface area contributed by atoms with Crippen LogP contribution in [-0.4, -0.2) is 29.8 Å². The van der Waals surface area contributed by atoms with Gasteiger partial charge in [-0.05, 0) is 48.9 Å². The fourth-order valence-electron chi connectivity index (χ4n) is 3.45. The van der Waals surface area contributed by atoms with E-state index in [9.17, 15) is 19.2 Å². The molecule has 0 saturated carbocycles. The Morgan fingerprint density at radius 2 is 1.58 bits per heavy atom. The number of esters is 1. The van der Waals surface area contributed by atoms with E-state index in [4.69, 9.17) is 16.3 Å². The lowest BCUT2D eigenvalue weighted by Gasteiger charge is -2.16. The summed E-state index contributed by atoms with van der Waals surface area (Å²) in [6.07, 6.45) is -1.07. The summed E-state index contributed by atoms with van der Waals surface area (Å²) in [5, 5.41) is 3.20. The highest BCUT2D eigenvalue weighted by Crippen LogP contribution is 2.29. The lowest BCUT2D eigenvalue weighted by atomic mass is 10.1. The summed E-state index contributed by atoms with van der Waals surface area (Å²) < 4.78 is 5.28. The van der Waals surface area contributed by atoms with Crippen LogP contribution in [0.25, 0.3) is 0 Å². The summed E-state index contributed by atoms with van der Waals surface area (Å²) >= 11 is 6.08. The molecule has 3 aromatic carbocycles. The number of imide groups is 1. The first-order valence-corrected chi connectivity index (χ1v) is 10.5. The van der Waals surface area contributed by atoms with Gasteiger partial charge in [-0.25, -0.2) is 9.69 Å². The van der Waals surface area contributed by atoms with E-state index in [2.05, 4.69) is 5.32 Å². The molecule has 1 unspecified atom stereocenters. The van der Waals surface area contributed by atoms with E-state index in [1.807, 2.05) is 0 Å². The third kappa shape index (κ3) is 4.49. The standard InChI is InChI=1S/C25H19ClN2O5/c1-15(22(29)27-14-17-7-2-5-12-21(17)26)33-25(32)16-8-6-9-18(13-16)28-23(30)19-10-3-4-11-20(19)24(28)31/h2-13,15H,14H2,1H3,(H,27,29). The van der Waals surface area contributed by atoms with Gasteiger partial charge in [0.15, 0.2) is 6.10 Å². The number of carbonyl (C=O) groups is 4. The monoisotopic (exact) mass is 462 g/mol. The second-order valence-corrected chi connectivity index (χ2v) is 7.81. The number of nitrogens with zero attached hydrogens (tertiary/aromatic N) is 1. The maximum absolute atomic E-state index is 12.7. The molecule has 1 aliphatic heterocycles. The molecule has 3 amide bonds. The molecule has 1 heterocycles. The number of hydrogen-bond donors (Lipinski definition) is 1. The van der Waals surface area contributed by atoms with E-state index in [1.54, 1.807) is 54.6 Å². The first-order chi connectivity index (χ1) is 15.9. The zero-order valence-electron chi connectivity index (χ0n) is 17.6. The number of ether oxygens (including phenoxy) is 1. The fraction of sp³-hybridized carbons (Fsp3) is 0.120. The molecule has 1 aliphatic rings. The van der Waals surface area contributed by atoms with Crippen molar-refractivity contribution >= 4 is 41.0 Å². The number of hydrogen-bond acceptors (Lipinski definition) is 5. The zero-order chi connectivity index (χ0) is 23.5. The quantitative estimate of drug-likeness (QED) is 0.441. The summed E-state index contributed by atoms with van der Waals surface area (Å²) in [5.74, 6) is -2.17. The van der Waals surface area contributed by atoms with E-state index in [-0.39, 0.29) is 17.8 Å². The highest BCUT2D eigenvalue weighted by Gasteiger charge is 2.36. The number of nitrogens with one attached hydrogen (secondary N) is 1. The first-order valence-electron chi connectivity index (χ1n) is 10.2. The molecular weight excluding hydrogens is 444 g/mol. The summed E-state index contributed by atoms with van der Waals surface area (Å²) in [7, 11) is 0. The van der Waals surface area contributed by atoms with Crippen molar-refractivity contribution in [2.45, 2.75) is 19.6 Å². The molecule has 3 aromatic rings. The summed E-state index contributed by atoms with van der Waals surface area (Å²) in [4.78, 5) is 51.4. The predicted octanol–water partition coefficient (Wildman–Crippen LogP) is 4.00. The molecule has 4 rings (SSSR count). The van der Waals surface area contributed by atoms with E-state index in [1.165, 1.54) is 25.1 Å². The Bertz CT molecular complexity index is 1240. The maximum atomic E-state index is 12.7. The van der Waals surface area contributed by atoms with Gasteiger partial charge in [-0.1, -0.05) is 48.0 Å². The smallest absolute Gasteiger partial charge is 0.338 e. The third-order valence-corrected chi connectivity index (χ3v) is 5.57. The van der Waals surface area contributed by atoms with Gasteiger partial charge in [-0.15, -0.1) is 0 Å². The Morgan fingerprint density at radius 1 is 0.939 bits per heavy atom. The number of fused-ring (bicyclic) bond motifs is 1. The van der Waals surface area contributed by atoms with Gasteiger partial charge in [0, 0.05) is 11.6 Å². The normalized spacial score (nSPS) is 13.5. The summed E-state index contributed by atoms with van der Waals surface area (Å²) in [6, 6.07) is 19.6. The predicted molar refractivity (Wildman–Crippen MR) is 122 cm³/mol. The van der Waals surface area contributed by atoms with Crippen molar-refractivity contribution < 1.29 is 23.9 Å². The molecule has 0 saturated heterocycles. The molecule has 166 valence electrons. The van der Waals surface area contributed by atoms with Crippen LogP contribution >= 0.6 is 11.6 Å². The molecule has 0 aliphatic carbocycles. The Labute approximate surface area is 194 Å². The van der Waals surface area contributed by atoms with E-state index >= 15 is 0 Å². The molecule has 0 spiro atoms. The highest BCUT2D eigenvalue weighted by atomic mass is 35.5. The first kappa shape index (κ1) is 22.2. The lowest BCUT2D eigenvalue weighted by molar-refractivity contribution is -0.129. The van der Waals surface area contributed by atoms with Crippen LogP contribution in [0.2, 0.25) is 5.02 Å². The van der Waals surface area contributed by atoms with Gasteiger partial charge in [-0.3, -0.25) is 14.4 Å². The van der Waals surface area contributed by atoms with Gasteiger partial charge in [0.1, 0.15) is 0 Å². The molecule has 1 atom stereocenters. The molecular formula is C25H19ClN2O5. The van der Waals surface area contributed by atoms with Crippen LogP contribution in [0, 0.1) is 0 Å². The van der Waals surface area contributed by atoms with Gasteiger partial charge in [0.05, 0.1) is 22.4 Å². The van der Waals surface area contributed by atoms with E-state index in [0.29, 0.717) is 16.1 Å². The topological polar surface area (TPSA) is 92.8 Å². The second kappa shape index (κ2) is 9.26. The van der Waals surface area contributed by atoms with Crippen molar-refractivity contribution in [3.63, 3.8) is 0 Å². The van der Waals surface area contributed by atoms with Crippen LogP contribution in [0.15, 0.2) is 72.8 Å². The number of halogens is 1. The third-order valence-electron chi connectivity index (χ3n) is 5.20. The Kier molecular flexibility index (Phi) is 6.24. The van der Waals surface area contributed by atoms with Crippen LogP contribution in [0.1, 0.15) is 43.6 Å². The SMILES string of the molecule is CC(OC(=O)c1cccc(N2C(=O)c3ccccc3C2=O)c1)C(=O)NCc1ccccc1Cl. The van der Waals surface area contributed by atoms with Crippen LogP contribution in [0.5, 0.6) is 0 Å². The van der Waals surface area contributed by atoms with Crippen LogP contribution < -0.4 is 10.2 Å². The number of amides is 3. The molecule has 0 bridgehead atoms. The van der Waals surface area contributed by atoms with Crippen LogP contribution in [0.3, 0.4) is 0 Å². The Balaban J connectivity index is 1.43. The van der Waals surface area contributed by atoms with Crippen molar-refractivity contribution in [1.82, 2.24) is 5.32 Å². The molecule has 0 fully saturated rings. The molecule has 7 nitrogen and oxygen atoms in total. The minimum absolute atomic E-state index is 0.106. The number of rotatable bonds is 6. The van der Waals surface area contributed by atoms with Gasteiger partial charge < -0.3 is 10.1 Å². The maximum Gasteiger partial charge on any atom is 0.338 e. The lowest BCUT2D eigenvalue weighted by Crippen LogP contribution is -2.35. The Morgan fingerprint density at radius 3 is 2.24 bits per heavy atom. The van der Waals surface area contributed by atoms with Crippen molar-refractivity contribution in [2.24, 2.45) is 0 Å². The minimum atomic E-state index is -1.07. The fourth-order valence-corrected chi connectivity index (χ4v) is 3.65. The van der Waals surface area contributed by atoms with Crippen LogP contribution in [0.4, 0.5) is 5.69 Å².